The van der Waals surface area contributed by atoms with E-state index in [-0.39, 0.29) is 5.91 Å². The second-order valence-electron chi connectivity index (χ2n) is 5.70. The molecule has 0 bridgehead atoms. The Morgan fingerprint density at radius 2 is 2.36 bits per heavy atom. The molecule has 1 saturated heterocycles. The highest BCUT2D eigenvalue weighted by Gasteiger charge is 2.13. The van der Waals surface area contributed by atoms with E-state index in [1.807, 2.05) is 23.6 Å². The van der Waals surface area contributed by atoms with E-state index in [9.17, 15) is 4.79 Å². The molecule has 1 aliphatic heterocycles. The van der Waals surface area contributed by atoms with Crippen molar-refractivity contribution < 1.29 is 4.79 Å². The molecule has 3 rings (SSSR count). The predicted octanol–water partition coefficient (Wildman–Crippen LogP) is 2.93. The summed E-state index contributed by atoms with van der Waals surface area (Å²) in [7, 11) is 0. The van der Waals surface area contributed by atoms with Gasteiger partial charge in [0.1, 0.15) is 0 Å². The fraction of sp³-hybridized carbons (Fsp3) is 0.412. The van der Waals surface area contributed by atoms with Gasteiger partial charge < -0.3 is 10.6 Å². The summed E-state index contributed by atoms with van der Waals surface area (Å²) in [5, 5.41) is 10.5. The van der Waals surface area contributed by atoms with Crippen LogP contribution in [0.4, 0.5) is 0 Å². The third kappa shape index (κ3) is 3.93. The van der Waals surface area contributed by atoms with E-state index in [2.05, 4.69) is 21.0 Å². The van der Waals surface area contributed by atoms with E-state index >= 15 is 0 Å². The predicted molar refractivity (Wildman–Crippen MR) is 90.1 cm³/mol. The fourth-order valence-electron chi connectivity index (χ4n) is 2.77. The van der Waals surface area contributed by atoms with Gasteiger partial charge in [0.25, 0.3) is 5.91 Å². The lowest BCUT2D eigenvalue weighted by Gasteiger charge is -2.22. The molecule has 1 unspecified atom stereocenters. The molecule has 1 fully saturated rings. The van der Waals surface area contributed by atoms with Crippen LogP contribution in [0.5, 0.6) is 0 Å². The van der Waals surface area contributed by atoms with Crippen molar-refractivity contribution in [1.82, 2.24) is 15.6 Å². The molecule has 0 aliphatic carbocycles. The zero-order valence-corrected chi connectivity index (χ0v) is 13.4. The summed E-state index contributed by atoms with van der Waals surface area (Å²) in [6, 6.07) is 5.78. The number of piperidine rings is 1. The van der Waals surface area contributed by atoms with Gasteiger partial charge in [-0.15, -0.1) is 0 Å². The molecule has 1 aliphatic rings. The van der Waals surface area contributed by atoms with Gasteiger partial charge >= 0.3 is 0 Å². The highest BCUT2D eigenvalue weighted by molar-refractivity contribution is 7.08. The third-order valence-corrected chi connectivity index (χ3v) is 4.76. The summed E-state index contributed by atoms with van der Waals surface area (Å²) in [5.74, 6) is 0.654. The van der Waals surface area contributed by atoms with Crippen molar-refractivity contribution in [3.63, 3.8) is 0 Å². The van der Waals surface area contributed by atoms with Gasteiger partial charge in [-0.25, -0.2) is 0 Å². The van der Waals surface area contributed by atoms with Gasteiger partial charge in [-0.2, -0.15) is 11.3 Å². The molecule has 0 spiro atoms. The summed E-state index contributed by atoms with van der Waals surface area (Å²) >= 11 is 1.65. The molecule has 2 aromatic rings. The Hall–Kier alpha value is -1.72. The van der Waals surface area contributed by atoms with Crippen molar-refractivity contribution in [2.45, 2.75) is 19.3 Å². The molecule has 0 aromatic carbocycles. The van der Waals surface area contributed by atoms with Crippen molar-refractivity contribution >= 4 is 17.2 Å². The summed E-state index contributed by atoms with van der Waals surface area (Å²) in [6.45, 7) is 2.94. The van der Waals surface area contributed by atoms with Gasteiger partial charge in [-0.05, 0) is 61.8 Å². The number of amides is 1. The van der Waals surface area contributed by atoms with Crippen LogP contribution in [-0.4, -0.2) is 30.5 Å². The van der Waals surface area contributed by atoms with Crippen molar-refractivity contribution in [2.24, 2.45) is 5.92 Å². The first-order valence-electron chi connectivity index (χ1n) is 7.80. The van der Waals surface area contributed by atoms with Crippen molar-refractivity contribution in [3.05, 3.63) is 40.7 Å². The van der Waals surface area contributed by atoms with Crippen molar-refractivity contribution in [1.29, 1.82) is 0 Å². The quantitative estimate of drug-likeness (QED) is 0.892. The van der Waals surface area contributed by atoms with E-state index < -0.39 is 0 Å². The number of aromatic nitrogens is 1. The molecule has 4 nitrogen and oxygen atoms in total. The van der Waals surface area contributed by atoms with Crippen molar-refractivity contribution in [2.75, 3.05) is 19.6 Å². The molecule has 1 amide bonds. The van der Waals surface area contributed by atoms with Crippen LogP contribution in [0.15, 0.2) is 35.2 Å². The lowest BCUT2D eigenvalue weighted by Crippen LogP contribution is -2.33. The zero-order chi connectivity index (χ0) is 15.2. The van der Waals surface area contributed by atoms with Gasteiger partial charge in [0.15, 0.2) is 0 Å². The van der Waals surface area contributed by atoms with Gasteiger partial charge in [0.05, 0.1) is 11.3 Å². The summed E-state index contributed by atoms with van der Waals surface area (Å²) in [6.07, 6.45) is 5.20. The first-order valence-corrected chi connectivity index (χ1v) is 8.75. The van der Waals surface area contributed by atoms with E-state index in [0.717, 1.165) is 37.3 Å². The fourth-order valence-corrected chi connectivity index (χ4v) is 3.42. The van der Waals surface area contributed by atoms with Gasteiger partial charge in [0, 0.05) is 23.7 Å². The molecule has 116 valence electrons. The average Bonchev–Trinajstić information content (AvgIpc) is 3.10. The SMILES string of the molecule is O=C(NCCC1CCCNC1)c1ccc(-c2ccsc2)nc1. The first-order chi connectivity index (χ1) is 10.8. The lowest BCUT2D eigenvalue weighted by atomic mass is 9.96. The third-order valence-electron chi connectivity index (χ3n) is 4.08. The Morgan fingerprint density at radius 1 is 1.41 bits per heavy atom. The Balaban J connectivity index is 1.49. The normalized spacial score (nSPS) is 18.1. The van der Waals surface area contributed by atoms with Crippen LogP contribution in [0.3, 0.4) is 0 Å². The van der Waals surface area contributed by atoms with Crippen LogP contribution in [0.1, 0.15) is 29.6 Å². The Labute approximate surface area is 135 Å². The standard InChI is InChI=1S/C17H21N3OS/c21-17(19-8-5-13-2-1-7-18-10-13)14-3-4-16(20-11-14)15-6-9-22-12-15/h3-4,6,9,11-13,18H,1-2,5,7-8,10H2,(H,19,21). The molecular weight excluding hydrogens is 294 g/mol. The number of carbonyl (C=O) groups is 1. The number of hydrogen-bond acceptors (Lipinski definition) is 4. The minimum atomic E-state index is -0.0341. The maximum absolute atomic E-state index is 12.1. The minimum absolute atomic E-state index is 0.0341. The van der Waals surface area contributed by atoms with Gasteiger partial charge in [-0.3, -0.25) is 9.78 Å². The number of thiophene rings is 1. The summed E-state index contributed by atoms with van der Waals surface area (Å²) < 4.78 is 0. The monoisotopic (exact) mass is 315 g/mol. The number of pyridine rings is 1. The van der Waals surface area contributed by atoms with Crippen molar-refractivity contribution in [3.8, 4) is 11.3 Å². The van der Waals surface area contributed by atoms with Crippen LogP contribution >= 0.6 is 11.3 Å². The van der Waals surface area contributed by atoms with Gasteiger partial charge in [0.2, 0.25) is 0 Å². The number of rotatable bonds is 5. The summed E-state index contributed by atoms with van der Waals surface area (Å²) in [5.41, 5.74) is 2.63. The molecule has 5 heteroatoms. The maximum atomic E-state index is 12.1. The van der Waals surface area contributed by atoms with E-state index in [0.29, 0.717) is 11.5 Å². The molecule has 2 aromatic heterocycles. The smallest absolute Gasteiger partial charge is 0.252 e. The van der Waals surface area contributed by atoms with Crippen LogP contribution < -0.4 is 10.6 Å². The van der Waals surface area contributed by atoms with Crippen LogP contribution in [0.2, 0.25) is 0 Å². The highest BCUT2D eigenvalue weighted by atomic mass is 32.1. The molecule has 22 heavy (non-hydrogen) atoms. The summed E-state index contributed by atoms with van der Waals surface area (Å²) in [4.78, 5) is 16.5. The van der Waals surface area contributed by atoms with Crippen LogP contribution in [0, 0.1) is 5.92 Å². The first kappa shape index (κ1) is 15.2. The number of hydrogen-bond donors (Lipinski definition) is 2. The topological polar surface area (TPSA) is 54.0 Å². The maximum Gasteiger partial charge on any atom is 0.252 e. The number of carbonyl (C=O) groups excluding carboxylic acids is 1. The molecular formula is C17H21N3OS. The number of nitrogens with zero attached hydrogens (tertiary/aromatic N) is 1. The second kappa shape index (κ2) is 7.51. The zero-order valence-electron chi connectivity index (χ0n) is 12.5. The Morgan fingerprint density at radius 3 is 3.05 bits per heavy atom. The molecule has 3 heterocycles. The highest BCUT2D eigenvalue weighted by Crippen LogP contribution is 2.19. The van der Waals surface area contributed by atoms with E-state index in [1.54, 1.807) is 17.5 Å². The second-order valence-corrected chi connectivity index (χ2v) is 6.48. The average molecular weight is 315 g/mol. The van der Waals surface area contributed by atoms with Gasteiger partial charge in [-0.1, -0.05) is 0 Å². The molecule has 0 saturated carbocycles. The Kier molecular flexibility index (Phi) is 5.19. The van der Waals surface area contributed by atoms with Crippen LogP contribution in [-0.2, 0) is 0 Å². The molecule has 2 N–H and O–H groups in total. The largest absolute Gasteiger partial charge is 0.352 e. The minimum Gasteiger partial charge on any atom is -0.352 e. The molecule has 0 radical (unpaired) electrons. The van der Waals surface area contributed by atoms with E-state index in [1.165, 1.54) is 12.8 Å². The number of nitrogens with one attached hydrogen (secondary N) is 2. The Bertz CT molecular complexity index is 589. The van der Waals surface area contributed by atoms with Crippen LogP contribution in [0.25, 0.3) is 11.3 Å². The van der Waals surface area contributed by atoms with E-state index in [4.69, 9.17) is 0 Å². The molecule has 1 atom stereocenters. The lowest BCUT2D eigenvalue weighted by molar-refractivity contribution is 0.0950.